The quantitative estimate of drug-likeness (QED) is 0.728. The Morgan fingerprint density at radius 3 is 2.33 bits per heavy atom. The van der Waals surface area contributed by atoms with Gasteiger partial charge >= 0.3 is 6.09 Å². The van der Waals surface area contributed by atoms with Crippen LogP contribution in [0.4, 0.5) is 4.79 Å². The summed E-state index contributed by atoms with van der Waals surface area (Å²) in [6, 6.07) is 0. The van der Waals surface area contributed by atoms with Crippen molar-refractivity contribution in [2.45, 2.75) is 12.8 Å². The number of alkyl halides is 1. The van der Waals surface area contributed by atoms with E-state index in [4.69, 9.17) is 16.7 Å². The molecule has 1 N–H and O–H groups in total. The molecule has 0 aliphatic carbocycles. The van der Waals surface area contributed by atoms with Gasteiger partial charge in [0, 0.05) is 19.3 Å². The molecule has 6 heteroatoms. The first-order valence-electron chi connectivity index (χ1n) is 3.15. The first kappa shape index (κ1) is 14.1. The summed E-state index contributed by atoms with van der Waals surface area (Å²) in [5, 5.41) is 8.32. The molecule has 0 saturated heterocycles. The molecule has 0 bridgehead atoms. The van der Waals surface area contributed by atoms with Crippen LogP contribution in [0, 0.1) is 0 Å². The van der Waals surface area contributed by atoms with E-state index >= 15 is 0 Å². The molecule has 4 nitrogen and oxygen atoms in total. The van der Waals surface area contributed by atoms with Crippen molar-refractivity contribution in [1.82, 2.24) is 4.90 Å². The van der Waals surface area contributed by atoms with Crippen molar-refractivity contribution in [2.75, 3.05) is 12.9 Å². The molecule has 0 radical (unpaired) electrons. The number of carbonyl (C=O) groups is 2. The van der Waals surface area contributed by atoms with Crippen LogP contribution in [0.2, 0.25) is 0 Å². The highest BCUT2D eigenvalue weighted by atomic mass is 35.5. The lowest BCUT2D eigenvalue weighted by molar-refractivity contribution is -0.127. The van der Waals surface area contributed by atoms with Gasteiger partial charge in [-0.05, 0) is 6.42 Å². The topological polar surface area (TPSA) is 57.6 Å². The molecule has 0 aromatic carbocycles. The van der Waals surface area contributed by atoms with Crippen molar-refractivity contribution in [3.8, 4) is 0 Å². The maximum Gasteiger partial charge on any atom is 0.413 e. The van der Waals surface area contributed by atoms with Gasteiger partial charge in [0.1, 0.15) is 0 Å². The van der Waals surface area contributed by atoms with Crippen molar-refractivity contribution in [3.05, 3.63) is 0 Å². The molecule has 0 aliphatic rings. The molecular formula is C6H11Cl2NO3. The zero-order chi connectivity index (χ0) is 8.85. The van der Waals surface area contributed by atoms with E-state index < -0.39 is 12.0 Å². The van der Waals surface area contributed by atoms with Crippen LogP contribution in [0.25, 0.3) is 0 Å². The first-order chi connectivity index (χ1) is 5.09. The van der Waals surface area contributed by atoms with Crippen molar-refractivity contribution in [1.29, 1.82) is 0 Å². The van der Waals surface area contributed by atoms with Crippen LogP contribution in [0.15, 0.2) is 0 Å². The van der Waals surface area contributed by atoms with Crippen LogP contribution in [0.1, 0.15) is 12.8 Å². The predicted octanol–water partition coefficient (Wildman–Crippen LogP) is 1.56. The van der Waals surface area contributed by atoms with Gasteiger partial charge in [-0.1, -0.05) is 0 Å². The largest absolute Gasteiger partial charge is 0.465 e. The number of carboxylic acid groups (broad SMARTS) is 1. The third-order valence-corrected chi connectivity index (χ3v) is 1.45. The van der Waals surface area contributed by atoms with Gasteiger partial charge in [-0.15, -0.1) is 24.0 Å². The Kier molecular flexibility index (Phi) is 8.42. The molecular weight excluding hydrogens is 205 g/mol. The van der Waals surface area contributed by atoms with Crippen LogP contribution in [-0.2, 0) is 4.79 Å². The van der Waals surface area contributed by atoms with Crippen molar-refractivity contribution in [2.24, 2.45) is 0 Å². The Morgan fingerprint density at radius 1 is 1.50 bits per heavy atom. The second-order valence-electron chi connectivity index (χ2n) is 2.03. The Bertz CT molecular complexity index is 163. The molecule has 0 heterocycles. The van der Waals surface area contributed by atoms with Gasteiger partial charge < -0.3 is 5.11 Å². The molecule has 0 atom stereocenters. The van der Waals surface area contributed by atoms with Gasteiger partial charge in [0.05, 0.1) is 0 Å². The van der Waals surface area contributed by atoms with Crippen LogP contribution in [-0.4, -0.2) is 34.9 Å². The van der Waals surface area contributed by atoms with E-state index in [1.54, 1.807) is 0 Å². The van der Waals surface area contributed by atoms with Crippen LogP contribution in [0.5, 0.6) is 0 Å². The van der Waals surface area contributed by atoms with E-state index in [2.05, 4.69) is 0 Å². The number of hydrogen-bond acceptors (Lipinski definition) is 2. The minimum Gasteiger partial charge on any atom is -0.465 e. The fraction of sp³-hybridized carbons (Fsp3) is 0.667. The van der Waals surface area contributed by atoms with Gasteiger partial charge in [0.15, 0.2) is 0 Å². The standard InChI is InChI=1S/C6H10ClNO3.ClH/c1-8(6(10)11)5(9)3-2-4-7;/h2-4H2,1H3,(H,10,11);1H. The molecule has 0 aromatic rings. The minimum atomic E-state index is -1.23. The van der Waals surface area contributed by atoms with Gasteiger partial charge in [-0.2, -0.15) is 0 Å². The van der Waals surface area contributed by atoms with Gasteiger partial charge in [0.25, 0.3) is 0 Å². The molecule has 0 aromatic heterocycles. The zero-order valence-corrected chi connectivity index (χ0v) is 8.19. The number of halogens is 2. The lowest BCUT2D eigenvalue weighted by Gasteiger charge is -2.09. The number of hydrogen-bond donors (Lipinski definition) is 1. The van der Waals surface area contributed by atoms with Crippen molar-refractivity contribution >= 4 is 36.0 Å². The van der Waals surface area contributed by atoms with Crippen molar-refractivity contribution in [3.63, 3.8) is 0 Å². The van der Waals surface area contributed by atoms with E-state index in [-0.39, 0.29) is 18.8 Å². The van der Waals surface area contributed by atoms with Crippen LogP contribution in [0.3, 0.4) is 0 Å². The van der Waals surface area contributed by atoms with Gasteiger partial charge in [-0.25, -0.2) is 4.79 Å². The highest BCUT2D eigenvalue weighted by Gasteiger charge is 2.13. The summed E-state index contributed by atoms with van der Waals surface area (Å²) in [7, 11) is 1.22. The van der Waals surface area contributed by atoms with Gasteiger partial charge in [0.2, 0.25) is 5.91 Å². The highest BCUT2D eigenvalue weighted by molar-refractivity contribution is 6.17. The lowest BCUT2D eigenvalue weighted by atomic mass is 10.3. The average Bonchev–Trinajstić information content (AvgIpc) is 1.98. The monoisotopic (exact) mass is 215 g/mol. The maximum atomic E-state index is 10.8. The summed E-state index contributed by atoms with van der Waals surface area (Å²) >= 11 is 5.31. The Hall–Kier alpha value is -0.480. The fourth-order valence-electron chi connectivity index (χ4n) is 0.492. The number of carbonyl (C=O) groups excluding carboxylic acids is 1. The number of nitrogens with zero attached hydrogens (tertiary/aromatic N) is 1. The summed E-state index contributed by atoms with van der Waals surface area (Å²) in [6.07, 6.45) is -0.533. The normalized spacial score (nSPS) is 8.50. The summed E-state index contributed by atoms with van der Waals surface area (Å²) in [5.41, 5.74) is 0. The highest BCUT2D eigenvalue weighted by Crippen LogP contribution is 1.97. The summed E-state index contributed by atoms with van der Waals surface area (Å²) in [4.78, 5) is 21.7. The molecule has 0 rings (SSSR count). The molecule has 0 fully saturated rings. The van der Waals surface area contributed by atoms with E-state index in [1.807, 2.05) is 0 Å². The van der Waals surface area contributed by atoms with E-state index in [0.717, 1.165) is 0 Å². The van der Waals surface area contributed by atoms with E-state index in [9.17, 15) is 9.59 Å². The predicted molar refractivity (Wildman–Crippen MR) is 48.0 cm³/mol. The third kappa shape index (κ3) is 5.21. The van der Waals surface area contributed by atoms with Crippen LogP contribution >= 0.6 is 24.0 Å². The smallest absolute Gasteiger partial charge is 0.413 e. The fourth-order valence-corrected chi connectivity index (χ4v) is 0.626. The second kappa shape index (κ2) is 7.18. The lowest BCUT2D eigenvalue weighted by Crippen LogP contribution is -2.31. The van der Waals surface area contributed by atoms with Crippen molar-refractivity contribution < 1.29 is 14.7 Å². The third-order valence-electron chi connectivity index (χ3n) is 1.19. The first-order valence-corrected chi connectivity index (χ1v) is 3.68. The molecule has 2 amide bonds. The van der Waals surface area contributed by atoms with E-state index in [0.29, 0.717) is 17.2 Å². The number of amides is 2. The summed E-state index contributed by atoms with van der Waals surface area (Å²) in [6.45, 7) is 0. The second-order valence-corrected chi connectivity index (χ2v) is 2.41. The van der Waals surface area contributed by atoms with E-state index in [1.165, 1.54) is 7.05 Å². The molecule has 0 spiro atoms. The average molecular weight is 216 g/mol. The summed E-state index contributed by atoms with van der Waals surface area (Å²) < 4.78 is 0. The Balaban J connectivity index is 0. The zero-order valence-electron chi connectivity index (χ0n) is 6.62. The Morgan fingerprint density at radius 2 is 2.00 bits per heavy atom. The minimum absolute atomic E-state index is 0. The molecule has 72 valence electrons. The molecule has 0 aliphatic heterocycles. The SMILES string of the molecule is CN(C(=O)O)C(=O)CCCCl.Cl. The maximum absolute atomic E-state index is 10.8. The van der Waals surface area contributed by atoms with Gasteiger partial charge in [-0.3, -0.25) is 9.69 Å². The molecule has 0 unspecified atom stereocenters. The molecule has 0 saturated carbocycles. The molecule has 12 heavy (non-hydrogen) atoms. The number of rotatable bonds is 3. The summed E-state index contributed by atoms with van der Waals surface area (Å²) in [5.74, 6) is -0.0442. The number of imide groups is 1. The van der Waals surface area contributed by atoms with Crippen LogP contribution < -0.4 is 0 Å². The Labute approximate surface area is 81.9 Å².